The van der Waals surface area contributed by atoms with E-state index in [9.17, 15) is 30.8 Å². The molecule has 3 aliphatic rings. The summed E-state index contributed by atoms with van der Waals surface area (Å²) in [7, 11) is -0.448. The third kappa shape index (κ3) is 7.30. The Bertz CT molecular complexity index is 3060. The molecule has 2 N–H and O–H groups in total. The van der Waals surface area contributed by atoms with E-state index in [0.29, 0.717) is 23.7 Å². The Balaban J connectivity index is 1.25. The summed E-state index contributed by atoms with van der Waals surface area (Å²) in [6.07, 6.45) is 0.0239. The van der Waals surface area contributed by atoms with Gasteiger partial charge in [-0.15, -0.1) is 0 Å². The first-order valence-electron chi connectivity index (χ1n) is 19.4. The molecular formula is C41H36ClF6N9O4S. The van der Waals surface area contributed by atoms with Crippen molar-refractivity contribution in [1.29, 1.82) is 0 Å². The summed E-state index contributed by atoms with van der Waals surface area (Å²) in [6.45, 7) is 0.475. The first-order chi connectivity index (χ1) is 29.3. The van der Waals surface area contributed by atoms with Crippen LogP contribution in [0.2, 0.25) is 5.02 Å². The molecule has 0 bridgehead atoms. The van der Waals surface area contributed by atoms with E-state index in [2.05, 4.69) is 25.1 Å². The Morgan fingerprint density at radius 2 is 1.79 bits per heavy atom. The monoisotopic (exact) mass is 899 g/mol. The van der Waals surface area contributed by atoms with Crippen LogP contribution in [0, 0.1) is 17.6 Å². The number of amides is 1. The minimum Gasteiger partial charge on any atom is -0.344 e. The molecular weight excluding hydrogens is 864 g/mol. The first kappa shape index (κ1) is 41.6. The number of fused-ring (bicyclic) bond motifs is 5. The molecule has 1 fully saturated rings. The van der Waals surface area contributed by atoms with Gasteiger partial charge in [0.25, 0.3) is 17.9 Å². The molecule has 6 aromatic rings. The Hall–Kier alpha value is -5.73. The lowest BCUT2D eigenvalue weighted by molar-refractivity contribution is -0.123. The van der Waals surface area contributed by atoms with E-state index >= 15 is 13.6 Å². The van der Waals surface area contributed by atoms with Gasteiger partial charge in [0.1, 0.15) is 35.4 Å². The molecule has 1 saturated carbocycles. The number of benzene rings is 3. The fourth-order valence-electron chi connectivity index (χ4n) is 8.81. The molecule has 0 unspecified atom stereocenters. The van der Waals surface area contributed by atoms with Crippen LogP contribution in [0.5, 0.6) is 0 Å². The van der Waals surface area contributed by atoms with Gasteiger partial charge >= 0.3 is 0 Å². The van der Waals surface area contributed by atoms with Gasteiger partial charge in [0.15, 0.2) is 5.82 Å². The normalized spacial score (nSPS) is 18.9. The van der Waals surface area contributed by atoms with Crippen LogP contribution in [0.1, 0.15) is 65.1 Å². The second-order valence-corrected chi connectivity index (χ2v) is 18.2. The van der Waals surface area contributed by atoms with Crippen LogP contribution in [0.4, 0.5) is 32.2 Å². The summed E-state index contributed by atoms with van der Waals surface area (Å²) in [5.41, 5.74) is -0.484. The largest absolute Gasteiger partial charge is 0.344 e. The molecule has 21 heteroatoms. The highest BCUT2D eigenvalue weighted by Gasteiger charge is 2.67. The fourth-order valence-corrected chi connectivity index (χ4v) is 9.55. The van der Waals surface area contributed by atoms with Crippen LogP contribution in [-0.4, -0.2) is 74.7 Å². The van der Waals surface area contributed by atoms with Crippen LogP contribution in [-0.2, 0) is 40.8 Å². The van der Waals surface area contributed by atoms with E-state index in [1.165, 1.54) is 23.9 Å². The van der Waals surface area contributed by atoms with Gasteiger partial charge in [0, 0.05) is 44.1 Å². The van der Waals surface area contributed by atoms with E-state index in [-0.39, 0.29) is 61.7 Å². The van der Waals surface area contributed by atoms with Gasteiger partial charge in [-0.05, 0) is 78.9 Å². The molecule has 13 nitrogen and oxygen atoms in total. The predicted molar refractivity (Wildman–Crippen MR) is 218 cm³/mol. The fraction of sp³-hybridized carbons (Fsp3) is 0.341. The number of sulfonamides is 1. The minimum atomic E-state index is -3.90. The topological polar surface area (TPSA) is 149 Å². The number of hydrogen-bond donors (Lipinski definition) is 2. The highest BCUT2D eigenvalue weighted by atomic mass is 35.5. The number of nitrogens with one attached hydrogen (secondary N) is 2. The van der Waals surface area contributed by atoms with Crippen molar-refractivity contribution in [2.24, 2.45) is 13.0 Å². The standard InChI is InChI=1S/C41H36ClF6N9O4S/c1-54-10-8-20(9-11-54)21-4-5-24-28(15-21)50-39(57(40(24)59)30-7-6-27(42)33-35(30)55(2)52-38(33)53-62(3,60)61)29(14-19-12-22(43)16-23(44)13-19)49-31(58)18-56-36-32(34(51-56)37(45)46)25-17-26(25)41(36,47)48/h4-8,12-13,15-16,25-26,29,37H,9-11,14,17-18H2,1-3H3,(H,49,58)(H,52,53)/t25-,26+,29-/m0/s1. The quantitative estimate of drug-likeness (QED) is 0.136. The zero-order valence-electron chi connectivity index (χ0n) is 33.1. The summed E-state index contributed by atoms with van der Waals surface area (Å²) < 4.78 is 119. The van der Waals surface area contributed by atoms with Gasteiger partial charge in [-0.1, -0.05) is 23.7 Å². The van der Waals surface area contributed by atoms with Gasteiger partial charge in [0.2, 0.25) is 15.9 Å². The zero-order chi connectivity index (χ0) is 44.2. The molecule has 0 saturated heterocycles. The number of alkyl halides is 4. The number of aromatic nitrogens is 6. The van der Waals surface area contributed by atoms with Crippen LogP contribution < -0.4 is 15.6 Å². The minimum absolute atomic E-state index is 0.00549. The first-order valence-corrected chi connectivity index (χ1v) is 21.7. The molecule has 3 aromatic carbocycles. The molecule has 0 spiro atoms. The van der Waals surface area contributed by atoms with Crippen molar-refractivity contribution in [3.63, 3.8) is 0 Å². The SMILES string of the molecule is CN1CC=C(c2ccc3c(=O)n(-c4ccc(Cl)c5c(NS(C)(=O)=O)nn(C)c45)c([C@H](Cc4cc(F)cc(F)c4)NC(=O)Cn4nc(C(F)F)c5c4C(F)(F)[C@@H]4C[C@H]54)nc3c2)CC1. The van der Waals surface area contributed by atoms with Gasteiger partial charge in [-0.3, -0.25) is 28.2 Å². The summed E-state index contributed by atoms with van der Waals surface area (Å²) in [5, 5.41) is 11.0. The number of hydrogen-bond acceptors (Lipinski definition) is 8. The van der Waals surface area contributed by atoms with Gasteiger partial charge in [-0.2, -0.15) is 19.0 Å². The number of rotatable bonds is 11. The summed E-state index contributed by atoms with van der Waals surface area (Å²) in [4.78, 5) is 36.2. The maximum absolute atomic E-state index is 15.5. The number of carbonyl (C=O) groups excluding carboxylic acids is 1. The molecule has 1 aliphatic heterocycles. The average Bonchev–Trinajstić information content (AvgIpc) is 3.73. The number of anilines is 1. The van der Waals surface area contributed by atoms with Crippen LogP contribution >= 0.6 is 11.6 Å². The van der Waals surface area contributed by atoms with E-state index in [4.69, 9.17) is 16.6 Å². The molecule has 2 aliphatic carbocycles. The van der Waals surface area contributed by atoms with Crippen molar-refractivity contribution < 1.29 is 39.6 Å². The second kappa shape index (κ2) is 15.0. The summed E-state index contributed by atoms with van der Waals surface area (Å²) >= 11 is 6.64. The number of carbonyl (C=O) groups is 1. The maximum Gasteiger partial charge on any atom is 0.293 e. The molecule has 0 radical (unpaired) electrons. The van der Waals surface area contributed by atoms with E-state index in [1.807, 2.05) is 13.1 Å². The number of likely N-dealkylation sites (N-methyl/N-ethyl adjacent to an activating group) is 1. The number of aryl methyl sites for hydroxylation is 1. The molecule has 1 amide bonds. The Morgan fingerprint density at radius 1 is 1.05 bits per heavy atom. The number of halogens is 7. The van der Waals surface area contributed by atoms with E-state index < -0.39 is 87.7 Å². The van der Waals surface area contributed by atoms with Crippen molar-refractivity contribution in [3.05, 3.63) is 116 Å². The molecule has 4 heterocycles. The van der Waals surface area contributed by atoms with Crippen LogP contribution in [0.3, 0.4) is 0 Å². The lowest BCUT2D eigenvalue weighted by atomic mass is 9.98. The van der Waals surface area contributed by atoms with Crippen molar-refractivity contribution in [2.45, 2.75) is 50.1 Å². The Labute approximate surface area is 354 Å². The Kier molecular flexibility index (Phi) is 10.0. The number of nitrogens with zero attached hydrogens (tertiary/aromatic N) is 7. The van der Waals surface area contributed by atoms with Crippen molar-refractivity contribution in [3.8, 4) is 5.69 Å². The lowest BCUT2D eigenvalue weighted by Crippen LogP contribution is -2.38. The van der Waals surface area contributed by atoms with Gasteiger partial charge in [0.05, 0.1) is 44.8 Å². The summed E-state index contributed by atoms with van der Waals surface area (Å²) in [5.74, 6) is -8.87. The van der Waals surface area contributed by atoms with E-state index in [1.54, 1.807) is 18.2 Å². The van der Waals surface area contributed by atoms with Crippen molar-refractivity contribution >= 4 is 60.7 Å². The zero-order valence-corrected chi connectivity index (χ0v) is 34.6. The second-order valence-electron chi connectivity index (χ2n) is 16.0. The maximum atomic E-state index is 15.5. The highest BCUT2D eigenvalue weighted by molar-refractivity contribution is 7.92. The van der Waals surface area contributed by atoms with Gasteiger partial charge in [-0.25, -0.2) is 31.0 Å². The summed E-state index contributed by atoms with van der Waals surface area (Å²) in [6, 6.07) is 9.06. The highest BCUT2D eigenvalue weighted by Crippen LogP contribution is 2.68. The average molecular weight is 900 g/mol. The molecule has 324 valence electrons. The predicted octanol–water partition coefficient (Wildman–Crippen LogP) is 6.74. The third-order valence-electron chi connectivity index (χ3n) is 11.6. The molecule has 3 atom stereocenters. The molecule has 62 heavy (non-hydrogen) atoms. The van der Waals surface area contributed by atoms with Crippen molar-refractivity contribution in [2.75, 3.05) is 31.1 Å². The smallest absolute Gasteiger partial charge is 0.293 e. The van der Waals surface area contributed by atoms with Crippen LogP contribution in [0.25, 0.3) is 33.1 Å². The molecule has 9 rings (SSSR count). The Morgan fingerprint density at radius 3 is 2.47 bits per heavy atom. The molecule has 3 aromatic heterocycles. The van der Waals surface area contributed by atoms with E-state index in [0.717, 1.165) is 40.6 Å². The lowest BCUT2D eigenvalue weighted by Gasteiger charge is -2.25. The third-order valence-corrected chi connectivity index (χ3v) is 12.5. The van der Waals surface area contributed by atoms with Crippen molar-refractivity contribution in [1.82, 2.24) is 39.3 Å². The van der Waals surface area contributed by atoms with Gasteiger partial charge < -0.3 is 10.2 Å². The van der Waals surface area contributed by atoms with Crippen LogP contribution in [0.15, 0.2) is 59.4 Å².